The van der Waals surface area contributed by atoms with Crippen LogP contribution in [0.2, 0.25) is 0 Å². The van der Waals surface area contributed by atoms with Crippen molar-refractivity contribution in [3.05, 3.63) is 65.2 Å². The van der Waals surface area contributed by atoms with E-state index in [-0.39, 0.29) is 0 Å². The summed E-state index contributed by atoms with van der Waals surface area (Å²) in [7, 11) is 0. The van der Waals surface area contributed by atoms with E-state index in [9.17, 15) is 9.90 Å². The number of benzene rings is 2. The molecule has 2 aromatic carbocycles. The number of aliphatic carboxylic acids is 1. The molecule has 0 aliphatic heterocycles. The molecule has 0 fully saturated rings. The number of aryl methyl sites for hydroxylation is 1. The van der Waals surface area contributed by atoms with Crippen LogP contribution < -0.4 is 15.6 Å². The van der Waals surface area contributed by atoms with Crippen LogP contribution in [0.5, 0.6) is 5.75 Å². The minimum atomic E-state index is -1.29. The molecule has 2 aromatic rings. The number of carboxylic acids is 1. The first-order valence-corrected chi connectivity index (χ1v) is 6.75. The average molecular weight is 285 g/mol. The van der Waals surface area contributed by atoms with Gasteiger partial charge in [-0.2, -0.15) is 0 Å². The summed E-state index contributed by atoms with van der Waals surface area (Å²) in [5, 5.41) is 11.1. The standard InChI is InChI=1S/C17H19NO3/c1-12-6-8-13(9-7-12)11-21-15-5-3-4-14(10-15)17(2,18)16(19)20/h3-10H,11,18H2,1-2H3,(H,19,20)/t17-/m1/s1. The summed E-state index contributed by atoms with van der Waals surface area (Å²) in [6, 6.07) is 15.0. The SMILES string of the molecule is Cc1ccc(COc2cccc([C@@](C)([NH3+])C(=O)[O-])c2)cc1. The van der Waals surface area contributed by atoms with Crippen molar-refractivity contribution in [1.82, 2.24) is 0 Å². The Kier molecular flexibility index (Phi) is 4.29. The molecule has 4 heteroatoms. The minimum absolute atomic E-state index is 0.433. The van der Waals surface area contributed by atoms with Gasteiger partial charge < -0.3 is 20.4 Å². The van der Waals surface area contributed by atoms with E-state index in [0.717, 1.165) is 5.56 Å². The van der Waals surface area contributed by atoms with Crippen LogP contribution in [-0.4, -0.2) is 5.97 Å². The Morgan fingerprint density at radius 1 is 1.24 bits per heavy atom. The van der Waals surface area contributed by atoms with E-state index < -0.39 is 11.5 Å². The zero-order chi connectivity index (χ0) is 15.5. The molecule has 0 bridgehead atoms. The van der Waals surface area contributed by atoms with Gasteiger partial charge in [-0.25, -0.2) is 0 Å². The molecule has 0 amide bonds. The van der Waals surface area contributed by atoms with Crippen LogP contribution in [-0.2, 0) is 16.9 Å². The Labute approximate surface area is 124 Å². The number of carbonyl (C=O) groups excluding carboxylic acids is 1. The monoisotopic (exact) mass is 285 g/mol. The maximum absolute atomic E-state index is 11.1. The first kappa shape index (κ1) is 15.1. The van der Waals surface area contributed by atoms with Crippen LogP contribution in [0.25, 0.3) is 0 Å². The fourth-order valence-electron chi connectivity index (χ4n) is 1.90. The fourth-order valence-corrected chi connectivity index (χ4v) is 1.90. The maximum Gasteiger partial charge on any atom is 0.157 e. The van der Waals surface area contributed by atoms with Crippen LogP contribution >= 0.6 is 0 Å². The summed E-state index contributed by atoms with van der Waals surface area (Å²) in [5.74, 6) is -0.595. The van der Waals surface area contributed by atoms with Crippen molar-refractivity contribution < 1.29 is 20.4 Å². The molecule has 0 aliphatic carbocycles. The lowest BCUT2D eigenvalue weighted by Crippen LogP contribution is -2.75. The third-order valence-electron chi connectivity index (χ3n) is 3.45. The van der Waals surface area contributed by atoms with Crippen molar-refractivity contribution in [3.63, 3.8) is 0 Å². The van der Waals surface area contributed by atoms with Gasteiger partial charge in [0.1, 0.15) is 18.3 Å². The summed E-state index contributed by atoms with van der Waals surface area (Å²) in [6.45, 7) is 3.98. The highest BCUT2D eigenvalue weighted by Gasteiger charge is 2.27. The number of carbonyl (C=O) groups is 1. The van der Waals surface area contributed by atoms with Crippen molar-refractivity contribution in [1.29, 1.82) is 0 Å². The molecule has 4 nitrogen and oxygen atoms in total. The molecule has 110 valence electrons. The number of quaternary nitrogens is 1. The van der Waals surface area contributed by atoms with Crippen LogP contribution in [0, 0.1) is 6.92 Å². The van der Waals surface area contributed by atoms with Crippen LogP contribution in [0.1, 0.15) is 23.6 Å². The number of hydrogen-bond acceptors (Lipinski definition) is 3. The van der Waals surface area contributed by atoms with Crippen molar-refractivity contribution in [2.24, 2.45) is 0 Å². The normalized spacial score (nSPS) is 13.5. The summed E-state index contributed by atoms with van der Waals surface area (Å²) >= 11 is 0. The summed E-state index contributed by atoms with van der Waals surface area (Å²) < 4.78 is 5.71. The molecule has 0 aliphatic rings. The minimum Gasteiger partial charge on any atom is -0.543 e. The van der Waals surface area contributed by atoms with E-state index >= 15 is 0 Å². The Morgan fingerprint density at radius 3 is 2.52 bits per heavy atom. The Bertz CT molecular complexity index is 633. The molecule has 3 N–H and O–H groups in total. The molecule has 0 unspecified atom stereocenters. The molecule has 0 spiro atoms. The second kappa shape index (κ2) is 5.97. The van der Waals surface area contributed by atoms with E-state index in [2.05, 4.69) is 5.73 Å². The van der Waals surface area contributed by atoms with Gasteiger partial charge in [-0.15, -0.1) is 0 Å². The molecule has 2 rings (SSSR count). The first-order valence-electron chi connectivity index (χ1n) is 6.75. The van der Waals surface area contributed by atoms with Gasteiger partial charge in [-0.05, 0) is 24.6 Å². The molecule has 0 heterocycles. The second-order valence-electron chi connectivity index (χ2n) is 5.42. The third kappa shape index (κ3) is 3.61. The average Bonchev–Trinajstić information content (AvgIpc) is 2.47. The molecule has 0 radical (unpaired) electrons. The number of carboxylic acid groups (broad SMARTS) is 1. The Balaban J connectivity index is 2.11. The molecule has 1 atom stereocenters. The fraction of sp³-hybridized carbons (Fsp3) is 0.235. The summed E-state index contributed by atoms with van der Waals surface area (Å²) in [5.41, 5.74) is 5.22. The lowest BCUT2D eigenvalue weighted by molar-refractivity contribution is -0.489. The van der Waals surface area contributed by atoms with Crippen molar-refractivity contribution >= 4 is 5.97 Å². The van der Waals surface area contributed by atoms with E-state index in [4.69, 9.17) is 4.74 Å². The molecule has 0 aromatic heterocycles. The first-order chi connectivity index (χ1) is 9.89. The molecule has 0 saturated heterocycles. The molecular weight excluding hydrogens is 266 g/mol. The molecule has 21 heavy (non-hydrogen) atoms. The van der Waals surface area contributed by atoms with Gasteiger partial charge in [-0.3, -0.25) is 0 Å². The lowest BCUT2D eigenvalue weighted by atomic mass is 9.93. The van der Waals surface area contributed by atoms with Gasteiger partial charge in [0.05, 0.1) is 0 Å². The molecule has 0 saturated carbocycles. The lowest BCUT2D eigenvalue weighted by Gasteiger charge is -2.22. The summed E-state index contributed by atoms with van der Waals surface area (Å²) in [4.78, 5) is 11.1. The number of ether oxygens (including phenoxy) is 1. The topological polar surface area (TPSA) is 77.0 Å². The van der Waals surface area contributed by atoms with Gasteiger partial charge in [-0.1, -0.05) is 42.0 Å². The highest BCUT2D eigenvalue weighted by molar-refractivity contribution is 5.76. The van der Waals surface area contributed by atoms with E-state index in [1.807, 2.05) is 31.2 Å². The maximum atomic E-state index is 11.1. The molecular formula is C17H19NO3. The van der Waals surface area contributed by atoms with Gasteiger partial charge in [0.2, 0.25) is 0 Å². The zero-order valence-electron chi connectivity index (χ0n) is 12.3. The largest absolute Gasteiger partial charge is 0.543 e. The smallest absolute Gasteiger partial charge is 0.157 e. The quantitative estimate of drug-likeness (QED) is 0.882. The third-order valence-corrected chi connectivity index (χ3v) is 3.45. The predicted molar refractivity (Wildman–Crippen MR) is 77.2 cm³/mol. The predicted octanol–water partition coefficient (Wildman–Crippen LogP) is 0.781. The van der Waals surface area contributed by atoms with Gasteiger partial charge >= 0.3 is 0 Å². The van der Waals surface area contributed by atoms with Gasteiger partial charge in [0.15, 0.2) is 5.54 Å². The second-order valence-corrected chi connectivity index (χ2v) is 5.42. The van der Waals surface area contributed by atoms with E-state index in [1.54, 1.807) is 24.3 Å². The van der Waals surface area contributed by atoms with E-state index in [1.165, 1.54) is 12.5 Å². The van der Waals surface area contributed by atoms with Gasteiger partial charge in [0.25, 0.3) is 0 Å². The van der Waals surface area contributed by atoms with Gasteiger partial charge in [0, 0.05) is 12.5 Å². The van der Waals surface area contributed by atoms with Crippen LogP contribution in [0.4, 0.5) is 0 Å². The summed E-state index contributed by atoms with van der Waals surface area (Å²) in [6.07, 6.45) is 0. The Morgan fingerprint density at radius 2 is 1.90 bits per heavy atom. The Hall–Kier alpha value is -2.33. The van der Waals surface area contributed by atoms with Crippen molar-refractivity contribution in [2.45, 2.75) is 26.0 Å². The van der Waals surface area contributed by atoms with Crippen LogP contribution in [0.3, 0.4) is 0 Å². The highest BCUT2D eigenvalue weighted by Crippen LogP contribution is 2.21. The van der Waals surface area contributed by atoms with Crippen LogP contribution in [0.15, 0.2) is 48.5 Å². The highest BCUT2D eigenvalue weighted by atomic mass is 16.5. The van der Waals surface area contributed by atoms with Crippen molar-refractivity contribution in [2.75, 3.05) is 0 Å². The number of hydrogen-bond donors (Lipinski definition) is 1. The number of rotatable bonds is 5. The van der Waals surface area contributed by atoms with Crippen molar-refractivity contribution in [3.8, 4) is 5.75 Å². The zero-order valence-corrected chi connectivity index (χ0v) is 12.3. The van der Waals surface area contributed by atoms with E-state index in [0.29, 0.717) is 17.9 Å².